The molecule has 0 amide bonds. The molecule has 212 valence electrons. The highest BCUT2D eigenvalue weighted by molar-refractivity contribution is 5.59. The molecule has 6 rings (SSSR count). The van der Waals surface area contributed by atoms with Crippen LogP contribution in [0.3, 0.4) is 0 Å². The van der Waals surface area contributed by atoms with Gasteiger partial charge in [-0.15, -0.1) is 5.10 Å². The molecule has 1 aliphatic rings. The Hall–Kier alpha value is -4.61. The van der Waals surface area contributed by atoms with E-state index in [4.69, 9.17) is 19.6 Å². The molecule has 1 aliphatic heterocycles. The fourth-order valence-corrected chi connectivity index (χ4v) is 4.96. The van der Waals surface area contributed by atoms with Crippen LogP contribution >= 0.6 is 0 Å². The van der Waals surface area contributed by atoms with E-state index < -0.39 is 0 Å². The molecular weight excluding hydrogens is 520 g/mol. The van der Waals surface area contributed by atoms with Gasteiger partial charge < -0.3 is 29.8 Å². The van der Waals surface area contributed by atoms with Crippen molar-refractivity contribution in [3.8, 4) is 17.3 Å². The van der Waals surface area contributed by atoms with E-state index in [0.29, 0.717) is 42.8 Å². The summed E-state index contributed by atoms with van der Waals surface area (Å²) < 4.78 is 17.6. The summed E-state index contributed by atoms with van der Waals surface area (Å²) in [7, 11) is 1.68. The maximum Gasteiger partial charge on any atom is 0.225 e. The third kappa shape index (κ3) is 6.42. The lowest BCUT2D eigenvalue weighted by atomic mass is 10.1. The summed E-state index contributed by atoms with van der Waals surface area (Å²) in [5.41, 5.74) is 10.5. The van der Waals surface area contributed by atoms with Gasteiger partial charge in [0, 0.05) is 58.1 Å². The van der Waals surface area contributed by atoms with Crippen molar-refractivity contribution < 1.29 is 13.9 Å². The van der Waals surface area contributed by atoms with Crippen LogP contribution < -0.4 is 20.7 Å². The van der Waals surface area contributed by atoms with Gasteiger partial charge in [0.15, 0.2) is 11.4 Å². The summed E-state index contributed by atoms with van der Waals surface area (Å²) in [6, 6.07) is 22.4. The molecule has 0 bridgehead atoms. The molecule has 3 aromatic heterocycles. The molecule has 11 nitrogen and oxygen atoms in total. The Bertz CT molecular complexity index is 1560. The minimum Gasteiger partial charge on any atom is -0.491 e. The number of hydrogen-bond donors (Lipinski definition) is 2. The molecule has 0 radical (unpaired) electrons. The lowest BCUT2D eigenvalue weighted by Gasteiger charge is -2.36. The van der Waals surface area contributed by atoms with E-state index in [-0.39, 0.29) is 5.95 Å². The van der Waals surface area contributed by atoms with Gasteiger partial charge in [-0.3, -0.25) is 4.90 Å². The fourth-order valence-electron chi connectivity index (χ4n) is 4.96. The number of nitrogens with one attached hydrogen (secondary N) is 1. The summed E-state index contributed by atoms with van der Waals surface area (Å²) in [5.74, 6) is 2.82. The van der Waals surface area contributed by atoms with E-state index in [1.165, 1.54) is 21.3 Å². The number of nitrogen functional groups attached to an aromatic ring is 1. The molecule has 0 spiro atoms. The molecular formula is C30H34N8O3. The number of nitrogens with zero attached hydrogens (tertiary/aromatic N) is 6. The highest BCUT2D eigenvalue weighted by Gasteiger charge is 2.18. The average molecular weight is 555 g/mol. The Morgan fingerprint density at radius 1 is 0.927 bits per heavy atom. The second kappa shape index (κ2) is 12.3. The summed E-state index contributed by atoms with van der Waals surface area (Å²) in [6.07, 6.45) is 1.59. The van der Waals surface area contributed by atoms with Crippen molar-refractivity contribution in [1.29, 1.82) is 0 Å². The average Bonchev–Trinajstić information content (AvgIpc) is 3.68. The summed E-state index contributed by atoms with van der Waals surface area (Å²) in [5, 5.41) is 7.78. The third-order valence-electron chi connectivity index (χ3n) is 7.09. The minimum absolute atomic E-state index is 0.259. The number of furan rings is 1. The number of hydrogen-bond acceptors (Lipinski definition) is 10. The molecule has 1 fully saturated rings. The molecule has 5 aromatic rings. The largest absolute Gasteiger partial charge is 0.491 e. The van der Waals surface area contributed by atoms with Crippen LogP contribution in [-0.2, 0) is 17.8 Å². The molecule has 1 saturated heterocycles. The Kier molecular flexibility index (Phi) is 7.97. The van der Waals surface area contributed by atoms with E-state index >= 15 is 0 Å². The second-order valence-corrected chi connectivity index (χ2v) is 9.95. The molecule has 2 aromatic carbocycles. The van der Waals surface area contributed by atoms with Crippen LogP contribution in [-0.4, -0.2) is 71.0 Å². The van der Waals surface area contributed by atoms with E-state index in [1.807, 2.05) is 24.3 Å². The number of fused-ring (bicyclic) bond motifs is 1. The summed E-state index contributed by atoms with van der Waals surface area (Å²) in [6.45, 7) is 6.69. The molecule has 11 heteroatoms. The van der Waals surface area contributed by atoms with Crippen molar-refractivity contribution in [3.05, 3.63) is 84.1 Å². The van der Waals surface area contributed by atoms with Crippen LogP contribution in [0.25, 0.3) is 17.2 Å². The van der Waals surface area contributed by atoms with Crippen LogP contribution in [0, 0.1) is 0 Å². The van der Waals surface area contributed by atoms with Gasteiger partial charge >= 0.3 is 0 Å². The van der Waals surface area contributed by atoms with Crippen LogP contribution in [0.1, 0.15) is 11.1 Å². The number of aromatic nitrogens is 4. The molecule has 41 heavy (non-hydrogen) atoms. The van der Waals surface area contributed by atoms with Gasteiger partial charge in [-0.05, 0) is 47.5 Å². The van der Waals surface area contributed by atoms with Gasteiger partial charge in [-0.2, -0.15) is 9.50 Å². The maximum absolute atomic E-state index is 6.16. The first-order chi connectivity index (χ1) is 20.1. The molecule has 0 unspecified atom stereocenters. The second-order valence-electron chi connectivity index (χ2n) is 9.95. The first-order valence-electron chi connectivity index (χ1n) is 13.7. The zero-order valence-electron chi connectivity index (χ0n) is 23.1. The zero-order chi connectivity index (χ0) is 28.0. The van der Waals surface area contributed by atoms with Crippen LogP contribution in [0.15, 0.2) is 77.4 Å². The van der Waals surface area contributed by atoms with Crippen LogP contribution in [0.2, 0.25) is 0 Å². The van der Waals surface area contributed by atoms with Crippen LogP contribution in [0.5, 0.6) is 5.75 Å². The van der Waals surface area contributed by atoms with Gasteiger partial charge in [0.25, 0.3) is 0 Å². The first-order valence-corrected chi connectivity index (χ1v) is 13.7. The normalized spacial score (nSPS) is 14.0. The molecule has 0 saturated carbocycles. The van der Waals surface area contributed by atoms with Gasteiger partial charge in [0.05, 0.1) is 12.9 Å². The number of anilines is 3. The predicted octanol–water partition coefficient (Wildman–Crippen LogP) is 3.93. The predicted molar refractivity (Wildman–Crippen MR) is 158 cm³/mol. The Morgan fingerprint density at radius 3 is 2.54 bits per heavy atom. The van der Waals surface area contributed by atoms with Crippen molar-refractivity contribution in [2.75, 3.05) is 62.5 Å². The highest BCUT2D eigenvalue weighted by atomic mass is 16.5. The number of benzene rings is 2. The Labute approximate surface area is 238 Å². The number of nitrogens with two attached hydrogens (primary N) is 1. The van der Waals surface area contributed by atoms with Gasteiger partial charge in [-0.1, -0.05) is 24.3 Å². The Morgan fingerprint density at radius 2 is 1.76 bits per heavy atom. The van der Waals surface area contributed by atoms with Crippen molar-refractivity contribution in [3.63, 3.8) is 0 Å². The Balaban J connectivity index is 1.02. The number of rotatable bonds is 11. The van der Waals surface area contributed by atoms with E-state index in [0.717, 1.165) is 38.5 Å². The number of methoxy groups -OCH3 is 1. The lowest BCUT2D eigenvalue weighted by Crippen LogP contribution is -2.45. The zero-order valence-corrected chi connectivity index (χ0v) is 23.1. The van der Waals surface area contributed by atoms with E-state index in [2.05, 4.69) is 66.6 Å². The minimum atomic E-state index is 0.259. The molecule has 0 atom stereocenters. The maximum atomic E-state index is 6.16. The summed E-state index contributed by atoms with van der Waals surface area (Å²) in [4.78, 5) is 13.9. The van der Waals surface area contributed by atoms with E-state index in [9.17, 15) is 0 Å². The van der Waals surface area contributed by atoms with Crippen molar-refractivity contribution >= 4 is 23.1 Å². The summed E-state index contributed by atoms with van der Waals surface area (Å²) >= 11 is 0. The lowest BCUT2D eigenvalue weighted by molar-refractivity contribution is 0.146. The first kappa shape index (κ1) is 26.6. The smallest absolute Gasteiger partial charge is 0.225 e. The van der Waals surface area contributed by atoms with Gasteiger partial charge in [0.2, 0.25) is 11.8 Å². The fraction of sp³-hybridized carbons (Fsp3) is 0.300. The van der Waals surface area contributed by atoms with Crippen molar-refractivity contribution in [2.45, 2.75) is 13.1 Å². The SMILES string of the molecule is COCCOc1ccc(N2CCN(Cc3cccc(CNc4cc5nc(-c6ccco6)nn5c(N)n4)c3)CC2)cc1. The van der Waals surface area contributed by atoms with Gasteiger partial charge in [-0.25, -0.2) is 4.98 Å². The topological polar surface area (TPSA) is 119 Å². The molecule has 3 N–H and O–H groups in total. The van der Waals surface area contributed by atoms with Gasteiger partial charge in [0.1, 0.15) is 18.2 Å². The third-order valence-corrected chi connectivity index (χ3v) is 7.09. The number of ether oxygens (including phenoxy) is 2. The molecule has 0 aliphatic carbocycles. The highest BCUT2D eigenvalue weighted by Crippen LogP contribution is 2.22. The molecule has 4 heterocycles. The van der Waals surface area contributed by atoms with E-state index in [1.54, 1.807) is 19.4 Å². The monoisotopic (exact) mass is 554 g/mol. The standard InChI is InChI=1S/C30H34N8O3/c1-39-16-17-40-25-9-7-24(8-10-25)37-13-11-36(12-14-37)21-23-5-2-4-22(18-23)20-32-27-19-28-34-29(26-6-3-15-41-26)35-38(28)30(31)33-27/h2-10,15,18-19,32H,11-14,16-17,20-21H2,1H3,(H2,31,33). The number of piperazine rings is 1. The van der Waals surface area contributed by atoms with Crippen molar-refractivity contribution in [2.24, 2.45) is 0 Å². The quantitative estimate of drug-likeness (QED) is 0.233. The van der Waals surface area contributed by atoms with Crippen molar-refractivity contribution in [1.82, 2.24) is 24.5 Å². The van der Waals surface area contributed by atoms with Crippen LogP contribution in [0.4, 0.5) is 17.5 Å².